The molecule has 1 N–H and O–H groups in total. The predicted molar refractivity (Wildman–Crippen MR) is 87.4 cm³/mol. The molecule has 0 atom stereocenters. The van der Waals surface area contributed by atoms with Crippen molar-refractivity contribution in [3.63, 3.8) is 0 Å². The zero-order valence-electron chi connectivity index (χ0n) is 12.9. The van der Waals surface area contributed by atoms with Crippen molar-refractivity contribution in [1.82, 2.24) is 0 Å². The third kappa shape index (κ3) is 4.62. The first kappa shape index (κ1) is 16.1. The molecule has 0 saturated heterocycles. The molecule has 0 aliphatic rings. The van der Waals surface area contributed by atoms with Crippen LogP contribution in [0.3, 0.4) is 0 Å². The standard InChI is InChI=1S/C19H22O3/c1-2-3-5-10-18(20)17-13-16(11-12-19(17)21)22-14-15-8-6-4-7-9-15/h4,6-9,11-13,21H,2-3,5,10,14H2,1H3. The number of hydrogen-bond donors (Lipinski definition) is 1. The third-order valence-corrected chi connectivity index (χ3v) is 3.52. The fourth-order valence-electron chi connectivity index (χ4n) is 2.24. The molecule has 0 aliphatic carbocycles. The summed E-state index contributed by atoms with van der Waals surface area (Å²) in [5.41, 5.74) is 1.41. The Morgan fingerprint density at radius 1 is 1.09 bits per heavy atom. The average Bonchev–Trinajstić information content (AvgIpc) is 2.55. The van der Waals surface area contributed by atoms with Crippen molar-refractivity contribution in [1.29, 1.82) is 0 Å². The quantitative estimate of drug-likeness (QED) is 0.566. The zero-order valence-corrected chi connectivity index (χ0v) is 12.9. The number of carbonyl (C=O) groups excluding carboxylic acids is 1. The molecule has 3 nitrogen and oxygen atoms in total. The minimum absolute atomic E-state index is 0.0218. The van der Waals surface area contributed by atoms with Gasteiger partial charge in [-0.15, -0.1) is 0 Å². The molecule has 0 heterocycles. The molecule has 0 fully saturated rings. The highest BCUT2D eigenvalue weighted by Gasteiger charge is 2.12. The summed E-state index contributed by atoms with van der Waals surface area (Å²) in [6, 6.07) is 14.7. The lowest BCUT2D eigenvalue weighted by atomic mass is 10.0. The fraction of sp³-hybridized carbons (Fsp3) is 0.316. The highest BCUT2D eigenvalue weighted by molar-refractivity contribution is 5.98. The number of ketones is 1. The van der Waals surface area contributed by atoms with E-state index in [1.165, 1.54) is 6.07 Å². The summed E-state index contributed by atoms with van der Waals surface area (Å²) >= 11 is 0. The van der Waals surface area contributed by atoms with Crippen LogP contribution in [-0.4, -0.2) is 10.9 Å². The van der Waals surface area contributed by atoms with Crippen LogP contribution in [-0.2, 0) is 6.61 Å². The number of rotatable bonds is 8. The van der Waals surface area contributed by atoms with Gasteiger partial charge < -0.3 is 9.84 Å². The molecule has 2 aromatic rings. The van der Waals surface area contributed by atoms with Crippen LogP contribution < -0.4 is 4.74 Å². The Kier molecular flexibility index (Phi) is 6.01. The summed E-state index contributed by atoms with van der Waals surface area (Å²) in [6.07, 6.45) is 3.41. The summed E-state index contributed by atoms with van der Waals surface area (Å²) in [6.45, 7) is 2.54. The second-order valence-corrected chi connectivity index (χ2v) is 5.33. The molecule has 0 aliphatic heterocycles. The molecule has 3 heteroatoms. The van der Waals surface area contributed by atoms with E-state index >= 15 is 0 Å². The van der Waals surface area contributed by atoms with Crippen LogP contribution in [0.4, 0.5) is 0 Å². The van der Waals surface area contributed by atoms with E-state index < -0.39 is 0 Å². The van der Waals surface area contributed by atoms with Crippen LogP contribution in [0.1, 0.15) is 48.5 Å². The van der Waals surface area contributed by atoms with E-state index in [1.54, 1.807) is 12.1 Å². The number of carbonyl (C=O) groups is 1. The van der Waals surface area contributed by atoms with E-state index in [-0.39, 0.29) is 11.5 Å². The highest BCUT2D eigenvalue weighted by Crippen LogP contribution is 2.25. The maximum atomic E-state index is 12.2. The van der Waals surface area contributed by atoms with Crippen LogP contribution in [0.25, 0.3) is 0 Å². The van der Waals surface area contributed by atoms with Gasteiger partial charge in [0.05, 0.1) is 5.56 Å². The molecule has 22 heavy (non-hydrogen) atoms. The minimum Gasteiger partial charge on any atom is -0.507 e. The van der Waals surface area contributed by atoms with Gasteiger partial charge >= 0.3 is 0 Å². The summed E-state index contributed by atoms with van der Waals surface area (Å²) in [5.74, 6) is 0.588. The van der Waals surface area contributed by atoms with Gasteiger partial charge in [0.1, 0.15) is 18.1 Å². The smallest absolute Gasteiger partial charge is 0.166 e. The molecule has 116 valence electrons. The van der Waals surface area contributed by atoms with Crippen molar-refractivity contribution < 1.29 is 14.6 Å². The van der Waals surface area contributed by atoms with E-state index in [0.717, 1.165) is 24.8 Å². The van der Waals surface area contributed by atoms with Crippen molar-refractivity contribution in [2.45, 2.75) is 39.2 Å². The van der Waals surface area contributed by atoms with Crippen molar-refractivity contribution in [2.75, 3.05) is 0 Å². The van der Waals surface area contributed by atoms with Gasteiger partial charge in [-0.25, -0.2) is 0 Å². The Bertz CT molecular complexity index is 605. The summed E-state index contributed by atoms with van der Waals surface area (Å²) < 4.78 is 5.70. The largest absolute Gasteiger partial charge is 0.507 e. The third-order valence-electron chi connectivity index (χ3n) is 3.52. The first-order valence-electron chi connectivity index (χ1n) is 7.73. The first-order valence-corrected chi connectivity index (χ1v) is 7.73. The maximum Gasteiger partial charge on any atom is 0.166 e. The molecular formula is C19H22O3. The van der Waals surface area contributed by atoms with Crippen molar-refractivity contribution >= 4 is 5.78 Å². The number of Topliss-reactive ketones (excluding diaryl/α,β-unsaturated/α-hetero) is 1. The number of phenols is 1. The van der Waals surface area contributed by atoms with E-state index in [1.807, 2.05) is 30.3 Å². The molecule has 2 aromatic carbocycles. The lowest BCUT2D eigenvalue weighted by molar-refractivity contribution is 0.0976. The minimum atomic E-state index is -0.0314. The summed E-state index contributed by atoms with van der Waals surface area (Å²) in [7, 11) is 0. The highest BCUT2D eigenvalue weighted by atomic mass is 16.5. The molecule has 0 spiro atoms. The molecular weight excluding hydrogens is 276 g/mol. The number of ether oxygens (including phenoxy) is 1. The Labute approximate surface area is 131 Å². The summed E-state index contributed by atoms with van der Waals surface area (Å²) in [4.78, 5) is 12.2. The molecule has 0 radical (unpaired) electrons. The molecule has 0 unspecified atom stereocenters. The number of aromatic hydroxyl groups is 1. The van der Waals surface area contributed by atoms with Gasteiger partial charge in [-0.05, 0) is 30.2 Å². The molecule has 0 amide bonds. The normalized spacial score (nSPS) is 10.4. The van der Waals surface area contributed by atoms with Gasteiger partial charge in [-0.2, -0.15) is 0 Å². The number of unbranched alkanes of at least 4 members (excludes halogenated alkanes) is 2. The lowest BCUT2D eigenvalue weighted by Gasteiger charge is -2.09. The van der Waals surface area contributed by atoms with Crippen molar-refractivity contribution in [2.24, 2.45) is 0 Å². The van der Waals surface area contributed by atoms with Gasteiger partial charge in [0, 0.05) is 6.42 Å². The van der Waals surface area contributed by atoms with Gasteiger partial charge in [0.25, 0.3) is 0 Å². The molecule has 0 aromatic heterocycles. The Balaban J connectivity index is 2.01. The number of phenolic OH excluding ortho intramolecular Hbond substituents is 1. The second kappa shape index (κ2) is 8.23. The van der Waals surface area contributed by atoms with E-state index in [2.05, 4.69) is 6.92 Å². The van der Waals surface area contributed by atoms with Crippen LogP contribution in [0.5, 0.6) is 11.5 Å². The van der Waals surface area contributed by atoms with E-state index in [0.29, 0.717) is 24.3 Å². The van der Waals surface area contributed by atoms with E-state index in [4.69, 9.17) is 4.74 Å². The maximum absolute atomic E-state index is 12.2. The average molecular weight is 298 g/mol. The topological polar surface area (TPSA) is 46.5 Å². The molecule has 2 rings (SSSR count). The van der Waals surface area contributed by atoms with Gasteiger partial charge in [-0.1, -0.05) is 50.1 Å². The molecule has 0 bridgehead atoms. The van der Waals surface area contributed by atoms with Crippen LogP contribution in [0.2, 0.25) is 0 Å². The fourth-order valence-corrected chi connectivity index (χ4v) is 2.24. The van der Waals surface area contributed by atoms with Crippen LogP contribution in [0, 0.1) is 0 Å². The SMILES string of the molecule is CCCCCC(=O)c1cc(OCc2ccccc2)ccc1O. The van der Waals surface area contributed by atoms with Gasteiger partial charge in [0.2, 0.25) is 0 Å². The predicted octanol–water partition coefficient (Wildman–Crippen LogP) is 4.73. The first-order chi connectivity index (χ1) is 10.7. The Morgan fingerprint density at radius 3 is 2.59 bits per heavy atom. The number of hydrogen-bond acceptors (Lipinski definition) is 3. The van der Waals surface area contributed by atoms with Gasteiger partial charge in [-0.3, -0.25) is 4.79 Å². The second-order valence-electron chi connectivity index (χ2n) is 5.33. The molecule has 0 saturated carbocycles. The van der Waals surface area contributed by atoms with Crippen LogP contribution in [0.15, 0.2) is 48.5 Å². The monoisotopic (exact) mass is 298 g/mol. The van der Waals surface area contributed by atoms with Crippen molar-refractivity contribution in [3.8, 4) is 11.5 Å². The number of benzene rings is 2. The summed E-state index contributed by atoms with van der Waals surface area (Å²) in [5, 5.41) is 9.87. The van der Waals surface area contributed by atoms with Crippen LogP contribution >= 0.6 is 0 Å². The van der Waals surface area contributed by atoms with E-state index in [9.17, 15) is 9.90 Å². The Hall–Kier alpha value is -2.29. The lowest BCUT2D eigenvalue weighted by Crippen LogP contribution is -2.01. The zero-order chi connectivity index (χ0) is 15.8. The Morgan fingerprint density at radius 2 is 1.86 bits per heavy atom. The van der Waals surface area contributed by atoms with Gasteiger partial charge in [0.15, 0.2) is 5.78 Å². The van der Waals surface area contributed by atoms with Crippen molar-refractivity contribution in [3.05, 3.63) is 59.7 Å².